The highest BCUT2D eigenvalue weighted by atomic mass is 35.5. The molecule has 3 amide bonds. The third-order valence-electron chi connectivity index (χ3n) is 6.09. The van der Waals surface area contributed by atoms with E-state index in [1.165, 1.54) is 4.90 Å². The van der Waals surface area contributed by atoms with Crippen LogP contribution < -0.4 is 5.32 Å². The highest BCUT2D eigenvalue weighted by Gasteiger charge is 2.39. The highest BCUT2D eigenvalue weighted by molar-refractivity contribution is 6.31. The van der Waals surface area contributed by atoms with Gasteiger partial charge in [0.15, 0.2) is 0 Å². The molecule has 1 atom stereocenters. The minimum atomic E-state index is -0.666. The molecule has 164 valence electrons. The Morgan fingerprint density at radius 1 is 1.15 bits per heavy atom. The number of nitriles is 1. The van der Waals surface area contributed by atoms with Gasteiger partial charge in [-0.05, 0) is 42.3 Å². The molecular formula is C24H18ClN5O3. The van der Waals surface area contributed by atoms with Crippen LogP contribution in [-0.4, -0.2) is 38.2 Å². The van der Waals surface area contributed by atoms with Gasteiger partial charge in [-0.3, -0.25) is 19.7 Å². The first-order valence-corrected chi connectivity index (χ1v) is 10.7. The molecule has 2 aliphatic rings. The number of nitrogens with zero attached hydrogens (tertiary/aromatic N) is 4. The number of benzene rings is 2. The van der Waals surface area contributed by atoms with Crippen LogP contribution in [0.1, 0.15) is 34.3 Å². The van der Waals surface area contributed by atoms with Crippen molar-refractivity contribution in [2.24, 2.45) is 7.05 Å². The molecule has 0 bridgehead atoms. The number of piperidine rings is 1. The van der Waals surface area contributed by atoms with E-state index in [2.05, 4.69) is 16.4 Å². The van der Waals surface area contributed by atoms with Crippen molar-refractivity contribution in [3.05, 3.63) is 64.4 Å². The van der Waals surface area contributed by atoms with Crippen LogP contribution >= 0.6 is 11.6 Å². The normalized spacial score (nSPS) is 17.7. The van der Waals surface area contributed by atoms with Crippen molar-refractivity contribution in [3.8, 4) is 28.6 Å². The Morgan fingerprint density at radius 3 is 2.73 bits per heavy atom. The number of carbonyl (C=O) groups is 3. The van der Waals surface area contributed by atoms with Gasteiger partial charge < -0.3 is 9.47 Å². The Bertz CT molecular complexity index is 1390. The number of carbonyl (C=O) groups excluding carboxylic acids is 3. The summed E-state index contributed by atoms with van der Waals surface area (Å²) in [7, 11) is 1.84. The predicted octanol–water partition coefficient (Wildman–Crippen LogP) is 3.04. The number of rotatable bonds is 3. The molecule has 0 radical (unpaired) electrons. The molecule has 0 saturated carbocycles. The first-order valence-electron chi connectivity index (χ1n) is 10.4. The van der Waals surface area contributed by atoms with Gasteiger partial charge >= 0.3 is 0 Å². The van der Waals surface area contributed by atoms with E-state index in [9.17, 15) is 19.6 Å². The molecule has 3 aromatic rings. The van der Waals surface area contributed by atoms with Crippen LogP contribution in [0.2, 0.25) is 5.02 Å². The highest BCUT2D eigenvalue weighted by Crippen LogP contribution is 2.36. The van der Waals surface area contributed by atoms with E-state index in [0.717, 1.165) is 16.8 Å². The summed E-state index contributed by atoms with van der Waals surface area (Å²) in [6.07, 6.45) is 2.19. The van der Waals surface area contributed by atoms with Gasteiger partial charge in [0.25, 0.3) is 5.91 Å². The standard InChI is InChI=1S/C24H18ClN5O3/c1-29-12-27-21(22(29)18-9-16(25)4-2-14(18)10-26)13-3-5-17-15(8-13)11-30(24(17)33)19-6-7-20(31)28-23(19)32/h2-5,8-9,12,19H,6-7,11H2,1H3,(H,28,31,32). The molecule has 8 nitrogen and oxygen atoms in total. The predicted molar refractivity (Wildman–Crippen MR) is 120 cm³/mol. The van der Waals surface area contributed by atoms with E-state index in [-0.39, 0.29) is 24.8 Å². The number of imide groups is 1. The molecule has 1 N–H and O–H groups in total. The number of amides is 3. The van der Waals surface area contributed by atoms with Crippen LogP contribution in [0.4, 0.5) is 0 Å². The van der Waals surface area contributed by atoms with E-state index in [0.29, 0.717) is 33.8 Å². The van der Waals surface area contributed by atoms with Crippen LogP contribution in [-0.2, 0) is 23.2 Å². The van der Waals surface area contributed by atoms with Gasteiger partial charge in [-0.15, -0.1) is 0 Å². The first-order chi connectivity index (χ1) is 15.9. The number of imidazole rings is 1. The zero-order valence-electron chi connectivity index (χ0n) is 17.6. The summed E-state index contributed by atoms with van der Waals surface area (Å²) in [5, 5.41) is 12.4. The minimum Gasteiger partial charge on any atom is -0.333 e. The SMILES string of the molecule is Cn1cnc(-c2ccc3c(c2)CN(C2CCC(=O)NC2=O)C3=O)c1-c1cc(Cl)ccc1C#N. The average molecular weight is 460 g/mol. The molecule has 1 aromatic heterocycles. The molecular weight excluding hydrogens is 442 g/mol. The molecule has 1 unspecified atom stereocenters. The van der Waals surface area contributed by atoms with Gasteiger partial charge in [0.2, 0.25) is 11.8 Å². The van der Waals surface area contributed by atoms with E-state index in [1.54, 1.807) is 30.6 Å². The van der Waals surface area contributed by atoms with Gasteiger partial charge in [0.1, 0.15) is 6.04 Å². The van der Waals surface area contributed by atoms with E-state index >= 15 is 0 Å². The summed E-state index contributed by atoms with van der Waals surface area (Å²) in [5.74, 6) is -0.985. The van der Waals surface area contributed by atoms with Crippen LogP contribution in [0.15, 0.2) is 42.7 Å². The van der Waals surface area contributed by atoms with Gasteiger partial charge in [-0.1, -0.05) is 17.7 Å². The molecule has 2 aromatic carbocycles. The van der Waals surface area contributed by atoms with Crippen molar-refractivity contribution in [1.29, 1.82) is 5.26 Å². The maximum Gasteiger partial charge on any atom is 0.255 e. The fraction of sp³-hybridized carbons (Fsp3) is 0.208. The number of aryl methyl sites for hydroxylation is 1. The Morgan fingerprint density at radius 2 is 1.97 bits per heavy atom. The zero-order valence-corrected chi connectivity index (χ0v) is 18.4. The van der Waals surface area contributed by atoms with Crippen molar-refractivity contribution in [1.82, 2.24) is 19.8 Å². The molecule has 2 aliphatic heterocycles. The van der Waals surface area contributed by atoms with Gasteiger partial charge in [-0.25, -0.2) is 4.98 Å². The second kappa shape index (κ2) is 7.87. The van der Waals surface area contributed by atoms with Crippen molar-refractivity contribution in [2.75, 3.05) is 0 Å². The van der Waals surface area contributed by atoms with E-state index in [1.807, 2.05) is 23.7 Å². The van der Waals surface area contributed by atoms with E-state index < -0.39 is 11.9 Å². The molecule has 9 heteroatoms. The summed E-state index contributed by atoms with van der Waals surface area (Å²) in [5.41, 5.74) is 4.63. The molecule has 1 fully saturated rings. The number of fused-ring (bicyclic) bond motifs is 1. The summed E-state index contributed by atoms with van der Waals surface area (Å²) >= 11 is 6.21. The van der Waals surface area contributed by atoms with Crippen molar-refractivity contribution < 1.29 is 14.4 Å². The fourth-order valence-corrected chi connectivity index (χ4v) is 4.66. The van der Waals surface area contributed by atoms with Crippen molar-refractivity contribution >= 4 is 29.3 Å². The number of aromatic nitrogens is 2. The molecule has 33 heavy (non-hydrogen) atoms. The van der Waals surface area contributed by atoms with Crippen LogP contribution in [0.3, 0.4) is 0 Å². The third-order valence-corrected chi connectivity index (χ3v) is 6.33. The maximum absolute atomic E-state index is 13.0. The van der Waals surface area contributed by atoms with E-state index in [4.69, 9.17) is 11.6 Å². The van der Waals surface area contributed by atoms with Crippen LogP contribution in [0.25, 0.3) is 22.5 Å². The number of hydrogen-bond donors (Lipinski definition) is 1. The largest absolute Gasteiger partial charge is 0.333 e. The number of halogens is 1. The van der Waals surface area contributed by atoms with Crippen molar-refractivity contribution in [2.45, 2.75) is 25.4 Å². The second-order valence-corrected chi connectivity index (χ2v) is 8.56. The Kier molecular flexibility index (Phi) is 4.99. The molecule has 5 rings (SSSR count). The average Bonchev–Trinajstić information content (AvgIpc) is 3.33. The lowest BCUT2D eigenvalue weighted by atomic mass is 9.98. The number of hydrogen-bond acceptors (Lipinski definition) is 5. The fourth-order valence-electron chi connectivity index (χ4n) is 4.49. The lowest BCUT2D eigenvalue weighted by Crippen LogP contribution is -2.52. The smallest absolute Gasteiger partial charge is 0.255 e. The Labute approximate surface area is 194 Å². The quantitative estimate of drug-likeness (QED) is 0.605. The summed E-state index contributed by atoms with van der Waals surface area (Å²) < 4.78 is 1.83. The monoisotopic (exact) mass is 459 g/mol. The Balaban J connectivity index is 1.53. The lowest BCUT2D eigenvalue weighted by Gasteiger charge is -2.29. The maximum atomic E-state index is 13.0. The van der Waals surface area contributed by atoms with Crippen LogP contribution in [0.5, 0.6) is 0 Å². The number of nitrogens with one attached hydrogen (secondary N) is 1. The minimum absolute atomic E-state index is 0.208. The third kappa shape index (κ3) is 3.47. The molecule has 3 heterocycles. The molecule has 0 aliphatic carbocycles. The van der Waals surface area contributed by atoms with Crippen LogP contribution in [0, 0.1) is 11.3 Å². The molecule has 0 spiro atoms. The summed E-state index contributed by atoms with van der Waals surface area (Å²) in [6, 6.07) is 12.1. The summed E-state index contributed by atoms with van der Waals surface area (Å²) in [6.45, 7) is 0.275. The van der Waals surface area contributed by atoms with Gasteiger partial charge in [0.05, 0.1) is 29.3 Å². The first kappa shape index (κ1) is 20.9. The summed E-state index contributed by atoms with van der Waals surface area (Å²) in [4.78, 5) is 42.8. The van der Waals surface area contributed by atoms with Gasteiger partial charge in [0, 0.05) is 41.7 Å². The zero-order chi connectivity index (χ0) is 23.3. The lowest BCUT2D eigenvalue weighted by molar-refractivity contribution is -0.136. The second-order valence-electron chi connectivity index (χ2n) is 8.13. The van der Waals surface area contributed by atoms with Gasteiger partial charge in [-0.2, -0.15) is 5.26 Å². The topological polar surface area (TPSA) is 108 Å². The Hall–Kier alpha value is -3.96. The molecule has 1 saturated heterocycles. The van der Waals surface area contributed by atoms with Crippen molar-refractivity contribution in [3.63, 3.8) is 0 Å².